The van der Waals surface area contributed by atoms with Crippen LogP contribution in [0.25, 0.3) is 11.0 Å². The van der Waals surface area contributed by atoms with Crippen molar-refractivity contribution in [2.75, 3.05) is 0 Å². The number of furan rings is 1. The lowest BCUT2D eigenvalue weighted by atomic mass is 9.92. The molecule has 1 aromatic carbocycles. The number of nitrogens with two attached hydrogens (primary N) is 1. The third kappa shape index (κ3) is 2.43. The maximum absolute atomic E-state index is 12.3. The van der Waals surface area contributed by atoms with E-state index in [1.165, 1.54) is 0 Å². The van der Waals surface area contributed by atoms with Crippen molar-refractivity contribution < 1.29 is 9.21 Å². The van der Waals surface area contributed by atoms with Gasteiger partial charge in [-0.2, -0.15) is 0 Å². The van der Waals surface area contributed by atoms with Gasteiger partial charge in [0.15, 0.2) is 5.76 Å². The van der Waals surface area contributed by atoms with E-state index < -0.39 is 0 Å². The summed E-state index contributed by atoms with van der Waals surface area (Å²) in [7, 11) is 0. The molecule has 1 aliphatic carbocycles. The van der Waals surface area contributed by atoms with Gasteiger partial charge in [-0.25, -0.2) is 0 Å². The Morgan fingerprint density at radius 2 is 1.95 bits per heavy atom. The Morgan fingerprint density at radius 1 is 1.25 bits per heavy atom. The topological polar surface area (TPSA) is 68.3 Å². The van der Waals surface area contributed by atoms with Crippen LogP contribution in [-0.4, -0.2) is 18.0 Å². The molecule has 4 nitrogen and oxygen atoms in total. The summed E-state index contributed by atoms with van der Waals surface area (Å²) < 4.78 is 5.69. The Hall–Kier alpha value is -1.81. The molecule has 0 spiro atoms. The van der Waals surface area contributed by atoms with E-state index in [4.69, 9.17) is 10.2 Å². The number of carbonyl (C=O) groups excluding carboxylic acids is 1. The van der Waals surface area contributed by atoms with Crippen molar-refractivity contribution in [2.45, 2.75) is 44.7 Å². The maximum Gasteiger partial charge on any atom is 0.287 e. The highest BCUT2D eigenvalue weighted by Crippen LogP contribution is 2.25. The SMILES string of the molecule is Cc1c(C(=O)NC2CCC(N)CC2)oc2ccccc12. The molecule has 4 heteroatoms. The molecule has 1 amide bonds. The van der Waals surface area contributed by atoms with Crippen LogP contribution in [0.5, 0.6) is 0 Å². The first-order chi connectivity index (χ1) is 9.65. The van der Waals surface area contributed by atoms with Gasteiger partial charge in [0.05, 0.1) is 0 Å². The molecule has 3 rings (SSSR count). The highest BCUT2D eigenvalue weighted by molar-refractivity contribution is 5.99. The van der Waals surface area contributed by atoms with Gasteiger partial charge in [0, 0.05) is 23.0 Å². The van der Waals surface area contributed by atoms with Crippen molar-refractivity contribution in [1.29, 1.82) is 0 Å². The summed E-state index contributed by atoms with van der Waals surface area (Å²) in [6.07, 6.45) is 3.85. The van der Waals surface area contributed by atoms with Crippen LogP contribution in [0.3, 0.4) is 0 Å². The number of amides is 1. The highest BCUT2D eigenvalue weighted by Gasteiger charge is 2.23. The quantitative estimate of drug-likeness (QED) is 0.883. The van der Waals surface area contributed by atoms with Gasteiger partial charge >= 0.3 is 0 Å². The van der Waals surface area contributed by atoms with Crippen LogP contribution < -0.4 is 11.1 Å². The van der Waals surface area contributed by atoms with E-state index in [0.29, 0.717) is 5.76 Å². The summed E-state index contributed by atoms with van der Waals surface area (Å²) in [6.45, 7) is 1.93. The van der Waals surface area contributed by atoms with E-state index in [-0.39, 0.29) is 18.0 Å². The summed E-state index contributed by atoms with van der Waals surface area (Å²) in [5.41, 5.74) is 7.56. The van der Waals surface area contributed by atoms with Gasteiger partial charge < -0.3 is 15.5 Å². The standard InChI is InChI=1S/C16H20N2O2/c1-10-13-4-2-3-5-14(13)20-15(10)16(19)18-12-8-6-11(17)7-9-12/h2-5,11-12H,6-9,17H2,1H3,(H,18,19). The molecule has 0 bridgehead atoms. The predicted octanol–water partition coefficient (Wildman–Crippen LogP) is 2.74. The molecule has 0 atom stereocenters. The number of rotatable bonds is 2. The molecule has 1 aliphatic rings. The lowest BCUT2D eigenvalue weighted by molar-refractivity contribution is 0.0899. The third-order valence-electron chi connectivity index (χ3n) is 4.16. The van der Waals surface area contributed by atoms with E-state index >= 15 is 0 Å². The minimum atomic E-state index is -0.112. The van der Waals surface area contributed by atoms with E-state index in [2.05, 4.69) is 5.32 Å². The van der Waals surface area contributed by atoms with Crippen LogP contribution >= 0.6 is 0 Å². The normalized spacial score (nSPS) is 22.9. The summed E-state index contributed by atoms with van der Waals surface area (Å²) in [4.78, 5) is 12.3. The van der Waals surface area contributed by atoms with Gasteiger partial charge in [-0.15, -0.1) is 0 Å². The molecule has 1 fully saturated rings. The molecule has 106 valence electrons. The van der Waals surface area contributed by atoms with E-state index in [9.17, 15) is 4.79 Å². The Morgan fingerprint density at radius 3 is 2.65 bits per heavy atom. The second kappa shape index (κ2) is 5.29. The van der Waals surface area contributed by atoms with Gasteiger partial charge in [-0.1, -0.05) is 18.2 Å². The van der Waals surface area contributed by atoms with Crippen LogP contribution in [0, 0.1) is 6.92 Å². The van der Waals surface area contributed by atoms with Crippen LogP contribution in [0.2, 0.25) is 0 Å². The smallest absolute Gasteiger partial charge is 0.287 e. The Bertz CT molecular complexity index is 624. The summed E-state index contributed by atoms with van der Waals surface area (Å²) >= 11 is 0. The second-order valence-electron chi connectivity index (χ2n) is 5.64. The average Bonchev–Trinajstić information content (AvgIpc) is 2.79. The molecule has 1 saturated carbocycles. The number of nitrogens with one attached hydrogen (secondary N) is 1. The van der Waals surface area contributed by atoms with Gasteiger partial charge in [0.1, 0.15) is 5.58 Å². The number of fused-ring (bicyclic) bond motifs is 1. The average molecular weight is 272 g/mol. The number of para-hydroxylation sites is 1. The summed E-state index contributed by atoms with van der Waals surface area (Å²) in [5, 5.41) is 4.07. The summed E-state index contributed by atoms with van der Waals surface area (Å²) in [6, 6.07) is 8.24. The minimum Gasteiger partial charge on any atom is -0.451 e. The zero-order valence-corrected chi connectivity index (χ0v) is 11.7. The van der Waals surface area contributed by atoms with E-state index in [1.807, 2.05) is 31.2 Å². The minimum absolute atomic E-state index is 0.112. The lowest BCUT2D eigenvalue weighted by Crippen LogP contribution is -2.40. The molecule has 1 aromatic heterocycles. The first-order valence-corrected chi connectivity index (χ1v) is 7.19. The first kappa shape index (κ1) is 13.2. The van der Waals surface area contributed by atoms with Crippen LogP contribution in [-0.2, 0) is 0 Å². The maximum atomic E-state index is 12.3. The number of aryl methyl sites for hydroxylation is 1. The van der Waals surface area contributed by atoms with Crippen molar-refractivity contribution in [3.05, 3.63) is 35.6 Å². The van der Waals surface area contributed by atoms with Gasteiger partial charge in [0.25, 0.3) is 5.91 Å². The lowest BCUT2D eigenvalue weighted by Gasteiger charge is -2.26. The zero-order valence-electron chi connectivity index (χ0n) is 11.7. The largest absolute Gasteiger partial charge is 0.451 e. The Labute approximate surface area is 118 Å². The van der Waals surface area contributed by atoms with E-state index in [0.717, 1.165) is 42.2 Å². The van der Waals surface area contributed by atoms with Gasteiger partial charge in [-0.05, 0) is 38.7 Å². The van der Waals surface area contributed by atoms with Crippen LogP contribution in [0.4, 0.5) is 0 Å². The Kier molecular flexibility index (Phi) is 3.49. The molecule has 3 N–H and O–H groups in total. The zero-order chi connectivity index (χ0) is 14.1. The molecule has 0 aliphatic heterocycles. The van der Waals surface area contributed by atoms with Crippen LogP contribution in [0.15, 0.2) is 28.7 Å². The fourth-order valence-electron chi connectivity index (χ4n) is 2.91. The predicted molar refractivity (Wildman–Crippen MR) is 78.6 cm³/mol. The van der Waals surface area contributed by atoms with Crippen molar-refractivity contribution in [1.82, 2.24) is 5.32 Å². The first-order valence-electron chi connectivity index (χ1n) is 7.19. The van der Waals surface area contributed by atoms with Crippen molar-refractivity contribution >= 4 is 16.9 Å². The molecule has 0 radical (unpaired) electrons. The summed E-state index contributed by atoms with van der Waals surface area (Å²) in [5.74, 6) is 0.320. The van der Waals surface area contributed by atoms with Crippen molar-refractivity contribution in [3.63, 3.8) is 0 Å². The number of hydrogen-bond acceptors (Lipinski definition) is 3. The van der Waals surface area contributed by atoms with Gasteiger partial charge in [0.2, 0.25) is 0 Å². The molecule has 2 aromatic rings. The number of carbonyl (C=O) groups is 1. The van der Waals surface area contributed by atoms with Crippen LogP contribution in [0.1, 0.15) is 41.8 Å². The monoisotopic (exact) mass is 272 g/mol. The second-order valence-corrected chi connectivity index (χ2v) is 5.64. The third-order valence-corrected chi connectivity index (χ3v) is 4.16. The Balaban J connectivity index is 1.77. The fourth-order valence-corrected chi connectivity index (χ4v) is 2.91. The van der Waals surface area contributed by atoms with Crippen molar-refractivity contribution in [2.24, 2.45) is 5.73 Å². The van der Waals surface area contributed by atoms with Crippen molar-refractivity contribution in [3.8, 4) is 0 Å². The molecule has 0 saturated heterocycles. The molecular formula is C16H20N2O2. The van der Waals surface area contributed by atoms with E-state index in [1.54, 1.807) is 0 Å². The molecule has 1 heterocycles. The van der Waals surface area contributed by atoms with Gasteiger partial charge in [-0.3, -0.25) is 4.79 Å². The molecule has 20 heavy (non-hydrogen) atoms. The molecule has 0 unspecified atom stereocenters. The number of benzene rings is 1. The number of hydrogen-bond donors (Lipinski definition) is 2. The molecular weight excluding hydrogens is 252 g/mol. The fraction of sp³-hybridized carbons (Fsp3) is 0.438. The highest BCUT2D eigenvalue weighted by atomic mass is 16.3.